The molecule has 238 valence electrons. The number of anilines is 3. The van der Waals surface area contributed by atoms with Gasteiger partial charge in [-0.05, 0) is 69.6 Å². The third-order valence-electron chi connectivity index (χ3n) is 7.66. The number of allylic oxidation sites excluding steroid dienone is 1. The zero-order chi connectivity index (χ0) is 32.0. The van der Waals surface area contributed by atoms with Crippen LogP contribution in [0.3, 0.4) is 0 Å². The number of carboxylic acids is 1. The molecule has 0 unspecified atom stereocenters. The third-order valence-corrected chi connectivity index (χ3v) is 7.66. The minimum atomic E-state index is -1.16. The molecule has 1 aliphatic heterocycles. The summed E-state index contributed by atoms with van der Waals surface area (Å²) in [6.45, 7) is 12.3. The van der Waals surface area contributed by atoms with E-state index in [9.17, 15) is 14.7 Å². The maximum atomic E-state index is 13.3. The van der Waals surface area contributed by atoms with Crippen LogP contribution in [0.25, 0.3) is 16.9 Å². The number of aliphatic carboxylic acids is 1. The molecule has 5 rings (SSSR count). The number of piperazine rings is 1. The number of pyridine rings is 1. The highest BCUT2D eigenvalue weighted by Gasteiger charge is 2.22. The molecule has 0 bridgehead atoms. The lowest BCUT2D eigenvalue weighted by Gasteiger charge is -2.36. The largest absolute Gasteiger partial charge is 0.480 e. The van der Waals surface area contributed by atoms with Gasteiger partial charge in [0.2, 0.25) is 5.95 Å². The molecule has 0 spiro atoms. The van der Waals surface area contributed by atoms with Gasteiger partial charge in [0.1, 0.15) is 17.6 Å². The van der Waals surface area contributed by atoms with Crippen molar-refractivity contribution in [2.24, 2.45) is 0 Å². The molecule has 0 amide bonds. The molecular formula is C32H40N8O5. The molecule has 4 heterocycles. The van der Waals surface area contributed by atoms with Crippen molar-refractivity contribution in [1.82, 2.24) is 29.2 Å². The first-order chi connectivity index (χ1) is 21.6. The number of aliphatic hydroxyl groups is 1. The predicted octanol–water partition coefficient (Wildman–Crippen LogP) is 3.14. The minimum absolute atomic E-state index is 0.237. The smallest absolute Gasteiger partial charge is 0.329 e. The van der Waals surface area contributed by atoms with Gasteiger partial charge in [-0.15, -0.1) is 6.58 Å². The van der Waals surface area contributed by atoms with Crippen molar-refractivity contribution < 1.29 is 19.7 Å². The number of hydrogen-bond acceptors (Lipinski definition) is 10. The summed E-state index contributed by atoms with van der Waals surface area (Å²) in [5, 5.41) is 22.8. The summed E-state index contributed by atoms with van der Waals surface area (Å²) in [7, 11) is 0. The summed E-state index contributed by atoms with van der Waals surface area (Å²) >= 11 is 0. The van der Waals surface area contributed by atoms with E-state index in [0.717, 1.165) is 56.9 Å². The van der Waals surface area contributed by atoms with Crippen LogP contribution in [-0.4, -0.2) is 91.3 Å². The van der Waals surface area contributed by atoms with E-state index in [1.165, 1.54) is 10.9 Å². The number of carbonyl (C=O) groups is 1. The van der Waals surface area contributed by atoms with Gasteiger partial charge < -0.3 is 25.2 Å². The van der Waals surface area contributed by atoms with Crippen molar-refractivity contribution in [3.05, 3.63) is 77.4 Å². The third kappa shape index (κ3) is 7.74. The quantitative estimate of drug-likeness (QED) is 0.142. The monoisotopic (exact) mass is 616 g/mol. The molecule has 45 heavy (non-hydrogen) atoms. The van der Waals surface area contributed by atoms with Gasteiger partial charge >= 0.3 is 5.97 Å². The van der Waals surface area contributed by atoms with E-state index in [1.807, 2.05) is 12.1 Å². The van der Waals surface area contributed by atoms with E-state index >= 15 is 0 Å². The molecule has 3 N–H and O–H groups in total. The maximum absolute atomic E-state index is 13.3. The summed E-state index contributed by atoms with van der Waals surface area (Å²) in [5.74, 6) is -0.154. The van der Waals surface area contributed by atoms with Crippen LogP contribution in [0.15, 0.2) is 66.1 Å². The molecule has 0 aliphatic carbocycles. The maximum Gasteiger partial charge on any atom is 0.329 e. The minimum Gasteiger partial charge on any atom is -0.480 e. The van der Waals surface area contributed by atoms with Gasteiger partial charge in [0.25, 0.3) is 5.56 Å². The molecule has 1 saturated heterocycles. The highest BCUT2D eigenvalue weighted by atomic mass is 16.5. The van der Waals surface area contributed by atoms with Crippen molar-refractivity contribution >= 4 is 34.3 Å². The number of benzene rings is 1. The zero-order valence-corrected chi connectivity index (χ0v) is 25.7. The Kier molecular flexibility index (Phi) is 9.91. The molecule has 4 aromatic rings. The van der Waals surface area contributed by atoms with Crippen LogP contribution in [-0.2, 0) is 21.7 Å². The van der Waals surface area contributed by atoms with Gasteiger partial charge in [0.05, 0.1) is 12.2 Å². The Morgan fingerprint density at radius 2 is 1.84 bits per heavy atom. The Morgan fingerprint density at radius 1 is 1.09 bits per heavy atom. The number of nitrogens with zero attached hydrogens (tertiary/aromatic N) is 7. The number of carboxylic acid groups (broad SMARTS) is 1. The number of nitrogens with one attached hydrogen (secondary N) is 1. The van der Waals surface area contributed by atoms with Crippen LogP contribution < -0.4 is 15.8 Å². The second-order valence-corrected chi connectivity index (χ2v) is 11.5. The summed E-state index contributed by atoms with van der Waals surface area (Å²) < 4.78 is 8.24. The molecule has 3 aromatic heterocycles. The molecule has 1 aromatic carbocycles. The number of unbranched alkanes of at least 4 members (excludes halogenated alkanes) is 1. The molecule has 0 saturated carbocycles. The van der Waals surface area contributed by atoms with E-state index in [-0.39, 0.29) is 18.7 Å². The normalized spacial score (nSPS) is 14.2. The SMILES string of the molecule is C=CCn1c(=O)c2cnc(Nc3ccc(N4CCN(CCCCOCC(=O)O)CC4)cc3)nc2n1-c1cccc(C(C)(C)O)n1. The average Bonchev–Trinajstić information content (AvgIpc) is 3.29. The van der Waals surface area contributed by atoms with E-state index in [4.69, 9.17) is 14.8 Å². The lowest BCUT2D eigenvalue weighted by atomic mass is 10.1. The topological polar surface area (TPSA) is 151 Å². The van der Waals surface area contributed by atoms with Crippen LogP contribution in [0.5, 0.6) is 0 Å². The van der Waals surface area contributed by atoms with E-state index in [1.54, 1.807) is 42.8 Å². The molecule has 13 heteroatoms. The molecular weight excluding hydrogens is 576 g/mol. The number of hydrogen-bond donors (Lipinski definition) is 3. The summed E-state index contributed by atoms with van der Waals surface area (Å²) in [6, 6.07) is 13.4. The standard InChI is InChI=1S/C32H40N8O5/c1-4-14-39-30(43)25-21-33-31(36-29(25)40(39)27-9-7-8-26(35-27)32(2,3)44)34-23-10-12-24(13-11-23)38-18-16-37(17-19-38)15-5-6-20-45-22-28(41)42/h4,7-13,21,44H,1,5-6,14-20,22H2,2-3H3,(H,41,42)(H,33,34,36). The van der Waals surface area contributed by atoms with Gasteiger partial charge in [-0.25, -0.2) is 24.1 Å². The van der Waals surface area contributed by atoms with Gasteiger partial charge in [-0.1, -0.05) is 12.1 Å². The van der Waals surface area contributed by atoms with Crippen molar-refractivity contribution in [2.45, 2.75) is 38.8 Å². The van der Waals surface area contributed by atoms with Gasteiger partial charge in [0, 0.05) is 50.4 Å². The highest BCUT2D eigenvalue weighted by Crippen LogP contribution is 2.24. The van der Waals surface area contributed by atoms with Crippen molar-refractivity contribution in [2.75, 3.05) is 56.2 Å². The van der Waals surface area contributed by atoms with Crippen molar-refractivity contribution in [3.63, 3.8) is 0 Å². The summed E-state index contributed by atoms with van der Waals surface area (Å²) in [5.41, 5.74) is 1.37. The lowest BCUT2D eigenvalue weighted by molar-refractivity contribution is -0.142. The number of rotatable bonds is 14. The molecule has 1 fully saturated rings. The second kappa shape index (κ2) is 14.0. The first kappa shape index (κ1) is 31.8. The fourth-order valence-electron chi connectivity index (χ4n) is 5.30. The zero-order valence-electron chi connectivity index (χ0n) is 25.7. The van der Waals surface area contributed by atoms with E-state index in [0.29, 0.717) is 35.1 Å². The van der Waals surface area contributed by atoms with Crippen molar-refractivity contribution in [3.8, 4) is 5.82 Å². The molecule has 0 atom stereocenters. The summed E-state index contributed by atoms with van der Waals surface area (Å²) in [6.07, 6.45) is 4.98. The highest BCUT2D eigenvalue weighted by molar-refractivity contribution is 5.77. The van der Waals surface area contributed by atoms with Gasteiger partial charge in [-0.3, -0.25) is 9.69 Å². The fourth-order valence-corrected chi connectivity index (χ4v) is 5.30. The lowest BCUT2D eigenvalue weighted by Crippen LogP contribution is -2.46. The Labute approximate surface area is 261 Å². The van der Waals surface area contributed by atoms with Crippen LogP contribution in [0.2, 0.25) is 0 Å². The van der Waals surface area contributed by atoms with E-state index < -0.39 is 11.6 Å². The Hall–Kier alpha value is -4.59. The molecule has 13 nitrogen and oxygen atoms in total. The molecule has 1 aliphatic rings. The first-order valence-corrected chi connectivity index (χ1v) is 15.1. The number of aromatic nitrogens is 5. The van der Waals surface area contributed by atoms with Crippen LogP contribution in [0.1, 0.15) is 32.4 Å². The van der Waals surface area contributed by atoms with Crippen LogP contribution in [0.4, 0.5) is 17.3 Å². The van der Waals surface area contributed by atoms with Crippen LogP contribution in [0, 0.1) is 0 Å². The van der Waals surface area contributed by atoms with Gasteiger partial charge in [-0.2, -0.15) is 4.98 Å². The second-order valence-electron chi connectivity index (χ2n) is 11.5. The Balaban J connectivity index is 1.25. The van der Waals surface area contributed by atoms with E-state index in [2.05, 4.69) is 43.8 Å². The van der Waals surface area contributed by atoms with Crippen molar-refractivity contribution in [1.29, 1.82) is 0 Å². The fraction of sp³-hybridized carbons (Fsp3) is 0.406. The number of fused-ring (bicyclic) bond motifs is 1. The average molecular weight is 617 g/mol. The first-order valence-electron chi connectivity index (χ1n) is 15.1. The Morgan fingerprint density at radius 3 is 2.53 bits per heavy atom. The predicted molar refractivity (Wildman–Crippen MR) is 172 cm³/mol. The van der Waals surface area contributed by atoms with Gasteiger partial charge in [0.15, 0.2) is 11.5 Å². The number of ether oxygens (including phenoxy) is 1. The molecule has 0 radical (unpaired) electrons. The Bertz CT molecular complexity index is 1680. The summed E-state index contributed by atoms with van der Waals surface area (Å²) in [4.78, 5) is 42.3. The van der Waals surface area contributed by atoms with Crippen LogP contribution >= 0.6 is 0 Å².